The summed E-state index contributed by atoms with van der Waals surface area (Å²) in [6.45, 7) is 7.55. The molecule has 1 N–H and O–H groups in total. The number of Topliss-reactive ketones (excluding diaryl/α,β-unsaturated/α-hetero) is 1. The third kappa shape index (κ3) is 3.42. The molecule has 1 saturated carbocycles. The SMILES string of the molecule is CCCC(=O)OCC(=O)[C@H]1[C@H](C)C[C@H]2C3=C([C@@H](O)C[C@@]21C)[C@@]1(C)C=CC(=O)C=C1[C@@H](F)C3. The molecule has 7 atom stereocenters. The number of carbonyl (C=O) groups is 3. The van der Waals surface area contributed by atoms with Crippen molar-refractivity contribution in [1.29, 1.82) is 0 Å². The summed E-state index contributed by atoms with van der Waals surface area (Å²) in [5.74, 6) is -1.08. The molecule has 4 aliphatic carbocycles. The molecule has 6 heteroatoms. The van der Waals surface area contributed by atoms with Crippen LogP contribution in [0.25, 0.3) is 0 Å². The first-order chi connectivity index (χ1) is 15.0. The average Bonchev–Trinajstić information content (AvgIpc) is 2.97. The number of aliphatic hydroxyl groups excluding tert-OH is 1. The van der Waals surface area contributed by atoms with Crippen LogP contribution in [0, 0.1) is 28.6 Å². The number of esters is 1. The molecule has 174 valence electrons. The zero-order valence-corrected chi connectivity index (χ0v) is 19.3. The van der Waals surface area contributed by atoms with Gasteiger partial charge in [-0.25, -0.2) is 4.39 Å². The van der Waals surface area contributed by atoms with Crippen LogP contribution >= 0.6 is 0 Å². The number of ketones is 2. The Morgan fingerprint density at radius 1 is 1.31 bits per heavy atom. The van der Waals surface area contributed by atoms with Crippen LogP contribution in [0.5, 0.6) is 0 Å². The summed E-state index contributed by atoms with van der Waals surface area (Å²) in [6.07, 6.45) is 4.66. The van der Waals surface area contributed by atoms with Gasteiger partial charge >= 0.3 is 5.97 Å². The molecule has 0 bridgehead atoms. The molecule has 0 unspecified atom stereocenters. The number of allylic oxidation sites excluding steroid dienone is 5. The molecule has 1 fully saturated rings. The van der Waals surface area contributed by atoms with Gasteiger partial charge in [0.2, 0.25) is 0 Å². The van der Waals surface area contributed by atoms with Crippen molar-refractivity contribution in [2.45, 2.75) is 72.1 Å². The number of fused-ring (bicyclic) bond motifs is 4. The van der Waals surface area contributed by atoms with Gasteiger partial charge in [0.05, 0.1) is 6.10 Å². The Bertz CT molecular complexity index is 946. The zero-order valence-electron chi connectivity index (χ0n) is 19.3. The van der Waals surface area contributed by atoms with Gasteiger partial charge in [0.25, 0.3) is 0 Å². The number of aliphatic hydroxyl groups is 1. The van der Waals surface area contributed by atoms with Gasteiger partial charge < -0.3 is 9.84 Å². The maximum Gasteiger partial charge on any atom is 0.306 e. The summed E-state index contributed by atoms with van der Waals surface area (Å²) < 4.78 is 20.6. The highest BCUT2D eigenvalue weighted by molar-refractivity contribution is 6.01. The Morgan fingerprint density at radius 3 is 2.72 bits per heavy atom. The van der Waals surface area contributed by atoms with Crippen molar-refractivity contribution < 1.29 is 28.6 Å². The van der Waals surface area contributed by atoms with E-state index < -0.39 is 23.1 Å². The van der Waals surface area contributed by atoms with Crippen molar-refractivity contribution in [1.82, 2.24) is 0 Å². The van der Waals surface area contributed by atoms with Gasteiger partial charge in [-0.3, -0.25) is 14.4 Å². The smallest absolute Gasteiger partial charge is 0.306 e. The summed E-state index contributed by atoms with van der Waals surface area (Å²) >= 11 is 0. The Kier molecular flexibility index (Phi) is 5.81. The lowest BCUT2D eigenvalue weighted by Gasteiger charge is -2.52. The highest BCUT2D eigenvalue weighted by Gasteiger charge is 2.61. The van der Waals surface area contributed by atoms with Crippen molar-refractivity contribution in [3.05, 3.63) is 34.9 Å². The summed E-state index contributed by atoms with van der Waals surface area (Å²) in [6, 6.07) is 0. The van der Waals surface area contributed by atoms with Gasteiger partial charge in [-0.1, -0.05) is 32.4 Å². The second kappa shape index (κ2) is 8.05. The molecule has 4 rings (SSSR count). The average molecular weight is 445 g/mol. The fourth-order valence-electron chi connectivity index (χ4n) is 7.17. The number of carbonyl (C=O) groups excluding carboxylic acids is 3. The fourth-order valence-corrected chi connectivity index (χ4v) is 7.17. The topological polar surface area (TPSA) is 80.7 Å². The molecule has 0 aromatic heterocycles. The maximum atomic E-state index is 15.4. The van der Waals surface area contributed by atoms with E-state index in [0.29, 0.717) is 18.4 Å². The van der Waals surface area contributed by atoms with Crippen molar-refractivity contribution in [2.24, 2.45) is 28.6 Å². The van der Waals surface area contributed by atoms with E-state index in [1.54, 1.807) is 6.08 Å². The molecule has 0 aliphatic heterocycles. The van der Waals surface area contributed by atoms with Gasteiger partial charge in [-0.05, 0) is 66.7 Å². The molecule has 0 aromatic carbocycles. The predicted molar refractivity (Wildman–Crippen MR) is 117 cm³/mol. The lowest BCUT2D eigenvalue weighted by molar-refractivity contribution is -0.151. The third-order valence-electron chi connectivity index (χ3n) is 8.37. The van der Waals surface area contributed by atoms with Crippen LogP contribution in [0.1, 0.15) is 59.8 Å². The maximum absolute atomic E-state index is 15.4. The van der Waals surface area contributed by atoms with E-state index in [9.17, 15) is 19.5 Å². The Hall–Kier alpha value is -2.08. The van der Waals surface area contributed by atoms with Gasteiger partial charge in [0.1, 0.15) is 12.8 Å². The predicted octanol–water partition coefficient (Wildman–Crippen LogP) is 4.05. The first-order valence-corrected chi connectivity index (χ1v) is 11.7. The highest BCUT2D eigenvalue weighted by Crippen LogP contribution is 2.65. The number of hydrogen-bond acceptors (Lipinski definition) is 5. The number of hydrogen-bond donors (Lipinski definition) is 1. The van der Waals surface area contributed by atoms with E-state index in [-0.39, 0.29) is 54.7 Å². The summed E-state index contributed by atoms with van der Waals surface area (Å²) in [5.41, 5.74) is 0.786. The minimum atomic E-state index is -1.29. The van der Waals surface area contributed by atoms with Crippen LogP contribution in [0.3, 0.4) is 0 Å². The normalized spacial score (nSPS) is 40.4. The third-order valence-corrected chi connectivity index (χ3v) is 8.37. The van der Waals surface area contributed by atoms with E-state index >= 15 is 4.39 Å². The fraction of sp³-hybridized carbons (Fsp3) is 0.654. The first kappa shape index (κ1) is 23.1. The number of rotatable bonds is 5. The van der Waals surface area contributed by atoms with Crippen molar-refractivity contribution in [3.63, 3.8) is 0 Å². The molecule has 4 aliphatic rings. The lowest BCUT2D eigenvalue weighted by atomic mass is 9.53. The molecule has 0 spiro atoms. The molecule has 5 nitrogen and oxygen atoms in total. The van der Waals surface area contributed by atoms with Gasteiger partial charge in [0, 0.05) is 24.2 Å². The molecular formula is C26H33FO5. The largest absolute Gasteiger partial charge is 0.458 e. The van der Waals surface area contributed by atoms with Crippen LogP contribution in [0.2, 0.25) is 0 Å². The Balaban J connectivity index is 1.68. The lowest BCUT2D eigenvalue weighted by Crippen LogP contribution is -2.49. The second-order valence-corrected chi connectivity index (χ2v) is 10.5. The Morgan fingerprint density at radius 2 is 2.03 bits per heavy atom. The molecule has 0 amide bonds. The first-order valence-electron chi connectivity index (χ1n) is 11.7. The van der Waals surface area contributed by atoms with E-state index in [2.05, 4.69) is 0 Å². The number of halogens is 1. The van der Waals surface area contributed by atoms with E-state index in [1.807, 2.05) is 27.7 Å². The van der Waals surface area contributed by atoms with E-state index in [4.69, 9.17) is 4.74 Å². The molecule has 0 radical (unpaired) electrons. The van der Waals surface area contributed by atoms with Crippen LogP contribution < -0.4 is 0 Å². The van der Waals surface area contributed by atoms with Crippen LogP contribution in [0.4, 0.5) is 4.39 Å². The van der Waals surface area contributed by atoms with Crippen molar-refractivity contribution in [3.8, 4) is 0 Å². The quantitative estimate of drug-likeness (QED) is 0.511. The molecule has 0 aromatic rings. The molecule has 0 heterocycles. The minimum Gasteiger partial charge on any atom is -0.458 e. The van der Waals surface area contributed by atoms with E-state index in [1.165, 1.54) is 12.2 Å². The van der Waals surface area contributed by atoms with Gasteiger partial charge in [-0.2, -0.15) is 0 Å². The monoisotopic (exact) mass is 444 g/mol. The molecule has 32 heavy (non-hydrogen) atoms. The molecule has 0 saturated heterocycles. The van der Waals surface area contributed by atoms with Crippen molar-refractivity contribution >= 4 is 17.5 Å². The van der Waals surface area contributed by atoms with Gasteiger partial charge in [-0.15, -0.1) is 0 Å². The summed E-state index contributed by atoms with van der Waals surface area (Å²) in [7, 11) is 0. The second-order valence-electron chi connectivity index (χ2n) is 10.5. The number of alkyl halides is 1. The van der Waals surface area contributed by atoms with Crippen molar-refractivity contribution in [2.75, 3.05) is 6.61 Å². The minimum absolute atomic E-state index is 0.0288. The highest BCUT2D eigenvalue weighted by atomic mass is 19.1. The Labute approximate surface area is 188 Å². The summed E-state index contributed by atoms with van der Waals surface area (Å²) in [4.78, 5) is 36.9. The van der Waals surface area contributed by atoms with Crippen LogP contribution in [0.15, 0.2) is 34.9 Å². The van der Waals surface area contributed by atoms with Crippen LogP contribution in [-0.2, 0) is 19.1 Å². The summed E-state index contributed by atoms with van der Waals surface area (Å²) in [5, 5.41) is 11.3. The van der Waals surface area contributed by atoms with Crippen LogP contribution in [-0.4, -0.2) is 41.5 Å². The molecular weight excluding hydrogens is 411 g/mol. The standard InChI is InChI=1S/C26H33FO5/c1-5-6-22(31)32-13-21(30)23-14(2)9-17-16-11-19(27)18-10-15(28)7-8-25(18,3)24(16)20(29)12-26(17,23)4/h7-8,10,14,17,19-20,23,29H,5-6,9,11-13H2,1-4H3/t14-,17+,19+,20+,23-,25+,26+/m1/s1. The van der Waals surface area contributed by atoms with Gasteiger partial charge in [0.15, 0.2) is 11.6 Å². The van der Waals surface area contributed by atoms with E-state index in [0.717, 1.165) is 17.6 Å². The zero-order chi connectivity index (χ0) is 23.4. The number of ether oxygens (including phenoxy) is 1.